The first-order valence-corrected chi connectivity index (χ1v) is 7.13. The van der Waals surface area contributed by atoms with E-state index in [0.717, 1.165) is 0 Å². The van der Waals surface area contributed by atoms with Gasteiger partial charge in [-0.1, -0.05) is 60.8 Å². The summed E-state index contributed by atoms with van der Waals surface area (Å²) >= 11 is 3.94. The Bertz CT molecular complexity index is 417. The molecule has 0 aromatic heterocycles. The minimum atomic E-state index is 0.502. The van der Waals surface area contributed by atoms with Crippen molar-refractivity contribution in [2.24, 2.45) is 0 Å². The molecule has 80 valence electrons. The number of rotatable bonds is 0. The molecule has 0 spiro atoms. The Morgan fingerprint density at radius 1 is 0.625 bits per heavy atom. The van der Waals surface area contributed by atoms with Crippen molar-refractivity contribution in [3.8, 4) is 0 Å². The Hall–Kier alpha value is -0.860. The van der Waals surface area contributed by atoms with Crippen molar-refractivity contribution in [3.05, 3.63) is 70.6 Å². The maximum absolute atomic E-state index is 2.28. The van der Waals surface area contributed by atoms with Crippen LogP contribution in [-0.2, 0) is 0 Å². The van der Waals surface area contributed by atoms with E-state index in [2.05, 4.69) is 60.8 Å². The van der Waals surface area contributed by atoms with Crippen LogP contribution in [0.15, 0.2) is 70.6 Å². The number of hydrogen-bond acceptors (Lipinski definition) is 2. The lowest BCUT2D eigenvalue weighted by molar-refractivity contribution is 1.30. The minimum Gasteiger partial charge on any atom is -0.116 e. The molecule has 1 saturated heterocycles. The summed E-state index contributed by atoms with van der Waals surface area (Å²) in [6, 6.07) is 0. The average molecular weight is 244 g/mol. The molecule has 2 atom stereocenters. The second kappa shape index (κ2) is 4.56. The lowest BCUT2D eigenvalue weighted by Gasteiger charge is -2.28. The first-order chi connectivity index (χ1) is 7.93. The van der Waals surface area contributed by atoms with Crippen LogP contribution < -0.4 is 0 Å². The van der Waals surface area contributed by atoms with E-state index < -0.39 is 0 Å². The smallest absolute Gasteiger partial charge is 0.0584 e. The molecule has 3 aliphatic rings. The maximum Gasteiger partial charge on any atom is 0.0584 e. The highest BCUT2D eigenvalue weighted by atomic mass is 32.2. The van der Waals surface area contributed by atoms with Crippen molar-refractivity contribution in [1.82, 2.24) is 0 Å². The number of thioether (sulfide) groups is 2. The van der Waals surface area contributed by atoms with Crippen LogP contribution in [0.4, 0.5) is 0 Å². The molecule has 1 heterocycles. The van der Waals surface area contributed by atoms with E-state index in [1.807, 2.05) is 23.5 Å². The molecule has 2 aliphatic carbocycles. The summed E-state index contributed by atoms with van der Waals surface area (Å²) in [7, 11) is 0. The molecule has 0 unspecified atom stereocenters. The SMILES string of the molecule is C1=CC=C2S[C@H]3C=CC=CC=C3S[C@H]2C=C1. The third-order valence-corrected chi connectivity index (χ3v) is 5.58. The molecule has 0 saturated carbocycles. The van der Waals surface area contributed by atoms with Gasteiger partial charge in [0.05, 0.1) is 10.5 Å². The van der Waals surface area contributed by atoms with Crippen LogP contribution in [0.5, 0.6) is 0 Å². The Labute approximate surface area is 105 Å². The summed E-state index contributed by atoms with van der Waals surface area (Å²) in [6.07, 6.45) is 21.8. The second-order valence-corrected chi connectivity index (χ2v) is 6.18. The Kier molecular flexibility index (Phi) is 2.94. The lowest BCUT2D eigenvalue weighted by atomic mass is 10.3. The van der Waals surface area contributed by atoms with Crippen LogP contribution >= 0.6 is 23.5 Å². The molecule has 2 heteroatoms. The van der Waals surface area contributed by atoms with E-state index in [-0.39, 0.29) is 0 Å². The Morgan fingerprint density at radius 2 is 1.12 bits per heavy atom. The zero-order valence-corrected chi connectivity index (χ0v) is 10.4. The van der Waals surface area contributed by atoms with E-state index in [4.69, 9.17) is 0 Å². The van der Waals surface area contributed by atoms with Crippen LogP contribution in [0, 0.1) is 0 Å². The van der Waals surface area contributed by atoms with Gasteiger partial charge >= 0.3 is 0 Å². The van der Waals surface area contributed by atoms with Gasteiger partial charge in [-0.25, -0.2) is 0 Å². The summed E-state index contributed by atoms with van der Waals surface area (Å²) < 4.78 is 0. The van der Waals surface area contributed by atoms with E-state index >= 15 is 0 Å². The van der Waals surface area contributed by atoms with Crippen molar-refractivity contribution >= 4 is 23.5 Å². The molecule has 0 N–H and O–H groups in total. The van der Waals surface area contributed by atoms with Gasteiger partial charge in [0.15, 0.2) is 0 Å². The summed E-state index contributed by atoms with van der Waals surface area (Å²) in [5.41, 5.74) is 0. The fourth-order valence-electron chi connectivity index (χ4n) is 1.84. The molecule has 0 aromatic carbocycles. The van der Waals surface area contributed by atoms with Gasteiger partial charge in [-0.15, -0.1) is 23.5 Å². The van der Waals surface area contributed by atoms with E-state index in [1.165, 1.54) is 9.81 Å². The van der Waals surface area contributed by atoms with Gasteiger partial charge in [0.25, 0.3) is 0 Å². The predicted octanol–water partition coefficient (Wildman–Crippen LogP) is 4.22. The number of fused-ring (bicyclic) bond motifs is 2. The largest absolute Gasteiger partial charge is 0.116 e. The van der Waals surface area contributed by atoms with Gasteiger partial charge in [0.1, 0.15) is 0 Å². The normalized spacial score (nSPS) is 31.0. The molecule has 0 amide bonds. The summed E-state index contributed by atoms with van der Waals surface area (Å²) in [5.74, 6) is 0. The quantitative estimate of drug-likeness (QED) is 0.625. The highest BCUT2D eigenvalue weighted by Crippen LogP contribution is 2.48. The van der Waals surface area contributed by atoms with Gasteiger partial charge in [0.2, 0.25) is 0 Å². The molecular weight excluding hydrogens is 232 g/mol. The van der Waals surface area contributed by atoms with Crippen LogP contribution in [0.2, 0.25) is 0 Å². The highest BCUT2D eigenvalue weighted by molar-refractivity contribution is 8.12. The zero-order chi connectivity index (χ0) is 10.8. The molecule has 0 bridgehead atoms. The second-order valence-electron chi connectivity index (χ2n) is 3.75. The molecular formula is C14H12S2. The van der Waals surface area contributed by atoms with Crippen molar-refractivity contribution in [2.45, 2.75) is 10.5 Å². The number of hydrogen-bond donors (Lipinski definition) is 0. The van der Waals surface area contributed by atoms with E-state index in [0.29, 0.717) is 10.5 Å². The van der Waals surface area contributed by atoms with E-state index in [1.54, 1.807) is 0 Å². The summed E-state index contributed by atoms with van der Waals surface area (Å²) in [4.78, 5) is 2.92. The highest BCUT2D eigenvalue weighted by Gasteiger charge is 2.27. The fraction of sp³-hybridized carbons (Fsp3) is 0.143. The van der Waals surface area contributed by atoms with Crippen LogP contribution in [-0.4, -0.2) is 10.5 Å². The standard InChI is InChI=1S/C14H12S2/c1-3-7-11-12(8-4-1)16-14-10-6-2-5-9-13(14)15-11/h1-11,14H/t11-,14-/m0/s1. The van der Waals surface area contributed by atoms with Gasteiger partial charge in [-0.3, -0.25) is 0 Å². The topological polar surface area (TPSA) is 0 Å². The van der Waals surface area contributed by atoms with Crippen LogP contribution in [0.1, 0.15) is 0 Å². The van der Waals surface area contributed by atoms with Crippen molar-refractivity contribution in [2.75, 3.05) is 0 Å². The van der Waals surface area contributed by atoms with Crippen molar-refractivity contribution in [1.29, 1.82) is 0 Å². The monoisotopic (exact) mass is 244 g/mol. The first-order valence-electron chi connectivity index (χ1n) is 5.37. The van der Waals surface area contributed by atoms with E-state index in [9.17, 15) is 0 Å². The van der Waals surface area contributed by atoms with Gasteiger partial charge in [-0.05, 0) is 0 Å². The number of allylic oxidation sites excluding steroid dienone is 8. The van der Waals surface area contributed by atoms with Crippen molar-refractivity contribution < 1.29 is 0 Å². The van der Waals surface area contributed by atoms with Gasteiger partial charge < -0.3 is 0 Å². The van der Waals surface area contributed by atoms with Gasteiger partial charge in [-0.2, -0.15) is 0 Å². The minimum absolute atomic E-state index is 0.502. The maximum atomic E-state index is 2.28. The fourth-order valence-corrected chi connectivity index (χ4v) is 4.52. The van der Waals surface area contributed by atoms with Gasteiger partial charge in [0, 0.05) is 9.81 Å². The molecule has 3 rings (SSSR count). The molecule has 0 nitrogen and oxygen atoms in total. The molecule has 0 aromatic rings. The average Bonchev–Trinajstić information content (AvgIpc) is 2.64. The lowest BCUT2D eigenvalue weighted by Crippen LogP contribution is -2.14. The van der Waals surface area contributed by atoms with Crippen LogP contribution in [0.3, 0.4) is 0 Å². The summed E-state index contributed by atoms with van der Waals surface area (Å²) in [5, 5.41) is 1.00. The molecule has 16 heavy (non-hydrogen) atoms. The zero-order valence-electron chi connectivity index (χ0n) is 8.74. The van der Waals surface area contributed by atoms with Crippen LogP contribution in [0.25, 0.3) is 0 Å². The third kappa shape index (κ3) is 2.00. The first kappa shape index (κ1) is 10.3. The third-order valence-electron chi connectivity index (χ3n) is 2.62. The Balaban J connectivity index is 1.94. The van der Waals surface area contributed by atoms with Crippen molar-refractivity contribution in [3.63, 3.8) is 0 Å². The Morgan fingerprint density at radius 3 is 1.62 bits per heavy atom. The molecule has 0 radical (unpaired) electrons. The molecule has 1 aliphatic heterocycles. The molecule has 1 fully saturated rings. The summed E-state index contributed by atoms with van der Waals surface area (Å²) in [6.45, 7) is 0. The predicted molar refractivity (Wildman–Crippen MR) is 75.5 cm³/mol.